The quantitative estimate of drug-likeness (QED) is 0.838. The van der Waals surface area contributed by atoms with Gasteiger partial charge in [-0.1, -0.05) is 0 Å². The van der Waals surface area contributed by atoms with Crippen molar-refractivity contribution in [3.8, 4) is 0 Å². The van der Waals surface area contributed by atoms with Gasteiger partial charge in [0.2, 0.25) is 0 Å². The van der Waals surface area contributed by atoms with Crippen LogP contribution < -0.4 is 5.32 Å². The largest absolute Gasteiger partial charge is 0.368 e. The third-order valence-electron chi connectivity index (χ3n) is 3.61. The lowest BCUT2D eigenvalue weighted by molar-refractivity contribution is 0.0738. The Bertz CT molecular complexity index is 358. The third kappa shape index (κ3) is 2.16. The van der Waals surface area contributed by atoms with Gasteiger partial charge in [-0.3, -0.25) is 0 Å². The maximum Gasteiger partial charge on any atom is 0.129 e. The minimum atomic E-state index is 0.332. The predicted molar refractivity (Wildman–Crippen MR) is 65.5 cm³/mol. The van der Waals surface area contributed by atoms with Crippen LogP contribution in [0.2, 0.25) is 0 Å². The Morgan fingerprint density at radius 1 is 1.44 bits per heavy atom. The minimum absolute atomic E-state index is 0.332. The summed E-state index contributed by atoms with van der Waals surface area (Å²) in [4.78, 5) is 10.8. The fourth-order valence-corrected chi connectivity index (χ4v) is 2.18. The van der Waals surface area contributed by atoms with E-state index < -0.39 is 0 Å². The maximum atomic E-state index is 4.35. The zero-order valence-corrected chi connectivity index (χ0v) is 10.3. The zero-order valence-electron chi connectivity index (χ0n) is 10.3. The van der Waals surface area contributed by atoms with Crippen molar-refractivity contribution in [1.29, 1.82) is 0 Å². The molecule has 1 N–H and O–H groups in total. The Kier molecular flexibility index (Phi) is 3.10. The fourth-order valence-electron chi connectivity index (χ4n) is 2.18. The van der Waals surface area contributed by atoms with E-state index >= 15 is 0 Å². The summed E-state index contributed by atoms with van der Waals surface area (Å²) in [6.45, 7) is 2.88. The Hall–Kier alpha value is -1.16. The second-order valence-electron chi connectivity index (χ2n) is 4.81. The van der Waals surface area contributed by atoms with Gasteiger partial charge in [0, 0.05) is 18.3 Å². The van der Waals surface area contributed by atoms with E-state index in [1.807, 2.05) is 13.0 Å². The SMILES string of the molecule is Cc1nccc(NCC2(N(C)C)CCC2)n1. The number of rotatable bonds is 4. The Labute approximate surface area is 97.1 Å². The van der Waals surface area contributed by atoms with E-state index in [4.69, 9.17) is 0 Å². The summed E-state index contributed by atoms with van der Waals surface area (Å²) in [5, 5.41) is 3.42. The highest BCUT2D eigenvalue weighted by molar-refractivity contribution is 5.33. The van der Waals surface area contributed by atoms with Crippen LogP contribution in [0, 0.1) is 6.92 Å². The molecule has 0 aliphatic heterocycles. The van der Waals surface area contributed by atoms with E-state index in [0.717, 1.165) is 18.2 Å². The van der Waals surface area contributed by atoms with Gasteiger partial charge in [0.05, 0.1) is 0 Å². The highest BCUT2D eigenvalue weighted by atomic mass is 15.2. The average molecular weight is 220 g/mol. The van der Waals surface area contributed by atoms with E-state index in [9.17, 15) is 0 Å². The summed E-state index contributed by atoms with van der Waals surface area (Å²) in [5.74, 6) is 1.75. The second-order valence-corrected chi connectivity index (χ2v) is 4.81. The van der Waals surface area contributed by atoms with Crippen molar-refractivity contribution in [2.45, 2.75) is 31.7 Å². The van der Waals surface area contributed by atoms with Crippen LogP contribution in [0.3, 0.4) is 0 Å². The lowest BCUT2D eigenvalue weighted by Crippen LogP contribution is -2.54. The first-order valence-corrected chi connectivity index (χ1v) is 5.83. The molecule has 0 bridgehead atoms. The van der Waals surface area contributed by atoms with Crippen LogP contribution in [0.4, 0.5) is 5.82 Å². The second kappa shape index (κ2) is 4.37. The van der Waals surface area contributed by atoms with E-state index in [1.165, 1.54) is 19.3 Å². The van der Waals surface area contributed by atoms with Crippen molar-refractivity contribution < 1.29 is 0 Å². The molecule has 0 saturated heterocycles. The normalized spacial score (nSPS) is 18.2. The Balaban J connectivity index is 1.96. The van der Waals surface area contributed by atoms with Crippen LogP contribution in [-0.4, -0.2) is 41.0 Å². The number of nitrogens with zero attached hydrogens (tertiary/aromatic N) is 3. The highest BCUT2D eigenvalue weighted by Crippen LogP contribution is 2.36. The fraction of sp³-hybridized carbons (Fsp3) is 0.667. The molecule has 0 amide bonds. The van der Waals surface area contributed by atoms with E-state index in [1.54, 1.807) is 6.20 Å². The topological polar surface area (TPSA) is 41.1 Å². The molecule has 0 radical (unpaired) electrons. The Morgan fingerprint density at radius 3 is 2.69 bits per heavy atom. The summed E-state index contributed by atoms with van der Waals surface area (Å²) in [7, 11) is 4.32. The molecular formula is C12H20N4. The summed E-state index contributed by atoms with van der Waals surface area (Å²) in [6.07, 6.45) is 5.69. The average Bonchev–Trinajstić information content (AvgIpc) is 2.15. The molecule has 1 aliphatic rings. The molecule has 1 heterocycles. The van der Waals surface area contributed by atoms with Crippen LogP contribution in [0.25, 0.3) is 0 Å². The number of hydrogen-bond acceptors (Lipinski definition) is 4. The number of hydrogen-bond donors (Lipinski definition) is 1. The molecule has 1 aromatic rings. The zero-order chi connectivity index (χ0) is 11.6. The molecule has 16 heavy (non-hydrogen) atoms. The summed E-state index contributed by atoms with van der Waals surface area (Å²) in [5.41, 5.74) is 0.332. The number of nitrogens with one attached hydrogen (secondary N) is 1. The predicted octanol–water partition coefficient (Wildman–Crippen LogP) is 1.68. The number of likely N-dealkylation sites (N-methyl/N-ethyl adjacent to an activating group) is 1. The first-order valence-electron chi connectivity index (χ1n) is 5.83. The van der Waals surface area contributed by atoms with Crippen LogP contribution in [0.5, 0.6) is 0 Å². The van der Waals surface area contributed by atoms with Crippen molar-refractivity contribution in [3.05, 3.63) is 18.1 Å². The molecular weight excluding hydrogens is 200 g/mol. The van der Waals surface area contributed by atoms with E-state index in [-0.39, 0.29) is 0 Å². The molecule has 0 aromatic carbocycles. The van der Waals surface area contributed by atoms with Crippen LogP contribution in [-0.2, 0) is 0 Å². The molecule has 1 aromatic heterocycles. The van der Waals surface area contributed by atoms with Gasteiger partial charge in [-0.05, 0) is 46.3 Å². The van der Waals surface area contributed by atoms with Gasteiger partial charge in [-0.25, -0.2) is 9.97 Å². The number of aromatic nitrogens is 2. The van der Waals surface area contributed by atoms with E-state index in [0.29, 0.717) is 5.54 Å². The van der Waals surface area contributed by atoms with Gasteiger partial charge in [-0.2, -0.15) is 0 Å². The molecule has 1 saturated carbocycles. The monoisotopic (exact) mass is 220 g/mol. The van der Waals surface area contributed by atoms with Crippen molar-refractivity contribution in [3.63, 3.8) is 0 Å². The molecule has 0 atom stereocenters. The summed E-state index contributed by atoms with van der Waals surface area (Å²) >= 11 is 0. The summed E-state index contributed by atoms with van der Waals surface area (Å²) < 4.78 is 0. The lowest BCUT2D eigenvalue weighted by Gasteiger charge is -2.47. The third-order valence-corrected chi connectivity index (χ3v) is 3.61. The van der Waals surface area contributed by atoms with Gasteiger partial charge < -0.3 is 10.2 Å². The first-order chi connectivity index (χ1) is 7.62. The van der Waals surface area contributed by atoms with Crippen LogP contribution >= 0.6 is 0 Å². The molecule has 2 rings (SSSR count). The van der Waals surface area contributed by atoms with Crippen molar-refractivity contribution in [1.82, 2.24) is 14.9 Å². The van der Waals surface area contributed by atoms with Crippen molar-refractivity contribution >= 4 is 5.82 Å². The van der Waals surface area contributed by atoms with E-state index in [2.05, 4.69) is 34.3 Å². The summed E-state index contributed by atoms with van der Waals surface area (Å²) in [6, 6.07) is 1.93. The van der Waals surface area contributed by atoms with Crippen molar-refractivity contribution in [2.75, 3.05) is 26.0 Å². The Morgan fingerprint density at radius 2 is 2.19 bits per heavy atom. The molecule has 4 heteroatoms. The van der Waals surface area contributed by atoms with Gasteiger partial charge in [0.25, 0.3) is 0 Å². The molecule has 88 valence electrons. The highest BCUT2D eigenvalue weighted by Gasteiger charge is 2.38. The maximum absolute atomic E-state index is 4.35. The molecule has 0 unspecified atom stereocenters. The van der Waals surface area contributed by atoms with Crippen LogP contribution in [0.15, 0.2) is 12.3 Å². The van der Waals surface area contributed by atoms with Gasteiger partial charge in [0.15, 0.2) is 0 Å². The number of aryl methyl sites for hydroxylation is 1. The molecule has 0 spiro atoms. The van der Waals surface area contributed by atoms with Gasteiger partial charge in [-0.15, -0.1) is 0 Å². The van der Waals surface area contributed by atoms with Crippen molar-refractivity contribution in [2.24, 2.45) is 0 Å². The minimum Gasteiger partial charge on any atom is -0.368 e. The van der Waals surface area contributed by atoms with Gasteiger partial charge in [0.1, 0.15) is 11.6 Å². The van der Waals surface area contributed by atoms with Gasteiger partial charge >= 0.3 is 0 Å². The molecule has 1 aliphatic carbocycles. The standard InChI is InChI=1S/C12H20N4/c1-10-13-8-5-11(15-10)14-9-12(16(2)3)6-4-7-12/h5,8H,4,6-7,9H2,1-3H3,(H,13,14,15). The lowest BCUT2D eigenvalue weighted by atomic mass is 9.75. The molecule has 1 fully saturated rings. The smallest absolute Gasteiger partial charge is 0.129 e. The first kappa shape index (κ1) is 11.3. The molecule has 4 nitrogen and oxygen atoms in total. The number of anilines is 1. The van der Waals surface area contributed by atoms with Crippen LogP contribution in [0.1, 0.15) is 25.1 Å².